The largest absolute Gasteiger partial charge is 0.379 e. The molecule has 1 heterocycles. The quantitative estimate of drug-likeness (QED) is 0.690. The molecular weight excluding hydrogens is 204 g/mol. The molecule has 4 nitrogen and oxygen atoms in total. The number of methoxy groups -OCH3 is 1. The van der Waals surface area contributed by atoms with E-state index in [1.807, 2.05) is 6.92 Å². The molecule has 90 valence electrons. The summed E-state index contributed by atoms with van der Waals surface area (Å²) < 4.78 is 5.36. The zero-order valence-corrected chi connectivity index (χ0v) is 10.0. The molecule has 16 heavy (non-hydrogen) atoms. The molecule has 0 aromatic heterocycles. The van der Waals surface area contributed by atoms with E-state index in [1.54, 1.807) is 7.11 Å². The standard InChI is InChI=1S/C12H20N2O2/c1-8(9-6-13-7-9)12(15)14-10-4-3-5-11(10)16-2/h10-11,13H,3-7H2,1-2H3,(H,14,15). The normalized spacial score (nSPS) is 28.8. The summed E-state index contributed by atoms with van der Waals surface area (Å²) in [6, 6.07) is 0.195. The molecule has 0 aromatic rings. The lowest BCUT2D eigenvalue weighted by atomic mass is 10.0. The van der Waals surface area contributed by atoms with Crippen molar-refractivity contribution in [2.75, 3.05) is 20.2 Å². The lowest BCUT2D eigenvalue weighted by molar-refractivity contribution is -0.119. The number of rotatable bonds is 3. The third-order valence-electron chi connectivity index (χ3n) is 3.62. The third-order valence-corrected chi connectivity index (χ3v) is 3.62. The molecule has 1 saturated heterocycles. The van der Waals surface area contributed by atoms with E-state index in [9.17, 15) is 4.79 Å². The minimum Gasteiger partial charge on any atom is -0.379 e. The molecule has 2 fully saturated rings. The first-order valence-electron chi connectivity index (χ1n) is 5.95. The smallest absolute Gasteiger partial charge is 0.247 e. The first kappa shape index (κ1) is 11.6. The van der Waals surface area contributed by atoms with Crippen molar-refractivity contribution in [2.24, 2.45) is 0 Å². The van der Waals surface area contributed by atoms with Gasteiger partial charge in [-0.25, -0.2) is 0 Å². The van der Waals surface area contributed by atoms with Crippen LogP contribution in [0.4, 0.5) is 0 Å². The average molecular weight is 224 g/mol. The Balaban J connectivity index is 1.91. The van der Waals surface area contributed by atoms with Gasteiger partial charge in [0.2, 0.25) is 5.91 Å². The van der Waals surface area contributed by atoms with Crippen LogP contribution in [0.25, 0.3) is 0 Å². The Bertz CT molecular complexity index is 306. The highest BCUT2D eigenvalue weighted by Gasteiger charge is 2.29. The van der Waals surface area contributed by atoms with Gasteiger partial charge in [0.1, 0.15) is 0 Å². The fraction of sp³-hybridized carbons (Fsp3) is 0.750. The number of carbonyl (C=O) groups excluding carboxylic acids is 1. The summed E-state index contributed by atoms with van der Waals surface area (Å²) in [4.78, 5) is 11.9. The summed E-state index contributed by atoms with van der Waals surface area (Å²) in [6.45, 7) is 3.62. The van der Waals surface area contributed by atoms with Crippen molar-refractivity contribution in [2.45, 2.75) is 38.3 Å². The van der Waals surface area contributed by atoms with E-state index in [0.717, 1.165) is 37.9 Å². The second kappa shape index (κ2) is 4.97. The van der Waals surface area contributed by atoms with Crippen molar-refractivity contribution >= 4 is 5.91 Å². The Kier molecular flexibility index (Phi) is 3.61. The molecule has 2 rings (SSSR count). The van der Waals surface area contributed by atoms with Crippen LogP contribution in [0.2, 0.25) is 0 Å². The van der Waals surface area contributed by atoms with Crippen molar-refractivity contribution in [3.8, 4) is 0 Å². The summed E-state index contributed by atoms with van der Waals surface area (Å²) in [6.07, 6.45) is 3.42. The topological polar surface area (TPSA) is 50.4 Å². The Labute approximate surface area is 96.4 Å². The lowest BCUT2D eigenvalue weighted by Crippen LogP contribution is -2.43. The van der Waals surface area contributed by atoms with Crippen LogP contribution in [-0.2, 0) is 9.53 Å². The number of hydrogen-bond donors (Lipinski definition) is 2. The molecule has 1 amide bonds. The van der Waals surface area contributed by atoms with Gasteiger partial charge in [-0.1, -0.05) is 0 Å². The van der Waals surface area contributed by atoms with Gasteiger partial charge < -0.3 is 15.4 Å². The third kappa shape index (κ3) is 2.28. The Hall–Kier alpha value is -0.870. The van der Waals surface area contributed by atoms with E-state index in [4.69, 9.17) is 4.74 Å². The number of amides is 1. The summed E-state index contributed by atoms with van der Waals surface area (Å²) >= 11 is 0. The molecule has 0 bridgehead atoms. The second-order valence-electron chi connectivity index (χ2n) is 4.62. The maximum Gasteiger partial charge on any atom is 0.247 e. The Morgan fingerprint density at radius 2 is 2.19 bits per heavy atom. The number of ether oxygens (including phenoxy) is 1. The van der Waals surface area contributed by atoms with Gasteiger partial charge in [-0.3, -0.25) is 4.79 Å². The van der Waals surface area contributed by atoms with E-state index in [2.05, 4.69) is 10.6 Å². The Morgan fingerprint density at radius 3 is 2.75 bits per heavy atom. The van der Waals surface area contributed by atoms with Crippen LogP contribution < -0.4 is 10.6 Å². The minimum absolute atomic E-state index is 0.0745. The van der Waals surface area contributed by atoms with E-state index in [1.165, 1.54) is 5.57 Å². The summed E-state index contributed by atoms with van der Waals surface area (Å²) in [5.74, 6) is 0.0745. The highest BCUT2D eigenvalue weighted by Crippen LogP contribution is 2.22. The van der Waals surface area contributed by atoms with Gasteiger partial charge in [0, 0.05) is 25.8 Å². The summed E-state index contributed by atoms with van der Waals surface area (Å²) in [5, 5.41) is 6.23. The SMILES string of the molecule is COC1CCCC1NC(=O)C(C)=C1CNC1. The first-order valence-corrected chi connectivity index (χ1v) is 5.95. The first-order chi connectivity index (χ1) is 7.72. The molecule has 0 spiro atoms. The fourth-order valence-corrected chi connectivity index (χ4v) is 2.33. The van der Waals surface area contributed by atoms with Crippen LogP contribution in [0.1, 0.15) is 26.2 Å². The van der Waals surface area contributed by atoms with Crippen molar-refractivity contribution in [1.82, 2.24) is 10.6 Å². The molecule has 4 heteroatoms. The number of carbonyl (C=O) groups is 1. The molecule has 1 aliphatic heterocycles. The maximum atomic E-state index is 11.9. The van der Waals surface area contributed by atoms with Gasteiger partial charge in [-0.15, -0.1) is 0 Å². The molecule has 1 aliphatic carbocycles. The van der Waals surface area contributed by atoms with Crippen LogP contribution in [0.5, 0.6) is 0 Å². The number of hydrogen-bond acceptors (Lipinski definition) is 3. The van der Waals surface area contributed by atoms with Gasteiger partial charge in [0.25, 0.3) is 0 Å². The molecule has 2 aliphatic rings. The van der Waals surface area contributed by atoms with Crippen LogP contribution in [-0.4, -0.2) is 38.3 Å². The molecular formula is C12H20N2O2. The van der Waals surface area contributed by atoms with E-state index >= 15 is 0 Å². The summed E-state index contributed by atoms with van der Waals surface area (Å²) in [7, 11) is 1.72. The molecule has 0 aromatic carbocycles. The number of nitrogens with one attached hydrogen (secondary N) is 2. The zero-order valence-electron chi connectivity index (χ0n) is 10.0. The highest BCUT2D eigenvalue weighted by molar-refractivity contribution is 5.94. The summed E-state index contributed by atoms with van der Waals surface area (Å²) in [5.41, 5.74) is 2.10. The van der Waals surface area contributed by atoms with Crippen molar-refractivity contribution in [3.63, 3.8) is 0 Å². The molecule has 1 saturated carbocycles. The van der Waals surface area contributed by atoms with E-state index in [0.29, 0.717) is 0 Å². The highest BCUT2D eigenvalue weighted by atomic mass is 16.5. The second-order valence-corrected chi connectivity index (χ2v) is 4.62. The predicted octanol–water partition coefficient (Wildman–Crippen LogP) is 0.590. The van der Waals surface area contributed by atoms with E-state index in [-0.39, 0.29) is 18.1 Å². The lowest BCUT2D eigenvalue weighted by Gasteiger charge is -2.24. The van der Waals surface area contributed by atoms with Crippen LogP contribution in [0, 0.1) is 0 Å². The van der Waals surface area contributed by atoms with Crippen molar-refractivity contribution in [3.05, 3.63) is 11.1 Å². The van der Waals surface area contributed by atoms with Crippen LogP contribution in [0.3, 0.4) is 0 Å². The van der Waals surface area contributed by atoms with Crippen molar-refractivity contribution in [1.29, 1.82) is 0 Å². The van der Waals surface area contributed by atoms with Crippen molar-refractivity contribution < 1.29 is 9.53 Å². The van der Waals surface area contributed by atoms with Gasteiger partial charge >= 0.3 is 0 Å². The molecule has 2 N–H and O–H groups in total. The average Bonchev–Trinajstić information content (AvgIpc) is 2.62. The van der Waals surface area contributed by atoms with Gasteiger partial charge in [0.15, 0.2) is 0 Å². The van der Waals surface area contributed by atoms with Gasteiger partial charge in [0.05, 0.1) is 12.1 Å². The van der Waals surface area contributed by atoms with Gasteiger partial charge in [-0.2, -0.15) is 0 Å². The van der Waals surface area contributed by atoms with E-state index < -0.39 is 0 Å². The fourth-order valence-electron chi connectivity index (χ4n) is 2.33. The molecule has 2 atom stereocenters. The minimum atomic E-state index is 0.0745. The van der Waals surface area contributed by atoms with Crippen LogP contribution >= 0.6 is 0 Å². The Morgan fingerprint density at radius 1 is 1.44 bits per heavy atom. The van der Waals surface area contributed by atoms with Crippen LogP contribution in [0.15, 0.2) is 11.1 Å². The predicted molar refractivity (Wildman–Crippen MR) is 62.1 cm³/mol. The molecule has 0 radical (unpaired) electrons. The maximum absolute atomic E-state index is 11.9. The van der Waals surface area contributed by atoms with Gasteiger partial charge in [-0.05, 0) is 31.8 Å². The monoisotopic (exact) mass is 224 g/mol. The zero-order chi connectivity index (χ0) is 11.5. The molecule has 2 unspecified atom stereocenters.